The molecule has 3 rings (SSSR count). The first-order chi connectivity index (χ1) is 13.0. The highest BCUT2D eigenvalue weighted by Crippen LogP contribution is 2.26. The molecule has 0 amide bonds. The SMILES string of the molecule is CN(c1ccc(OCCOc2cccc(Cl)c2)cc1)S(=O)(=O)c1cccs1. The molecule has 0 radical (unpaired) electrons. The first kappa shape index (κ1) is 19.5. The van der Waals surface area contributed by atoms with Crippen LogP contribution in [-0.2, 0) is 10.0 Å². The van der Waals surface area contributed by atoms with Crippen LogP contribution in [0.25, 0.3) is 0 Å². The summed E-state index contributed by atoms with van der Waals surface area (Å²) in [5, 5.41) is 2.36. The van der Waals surface area contributed by atoms with Crippen molar-refractivity contribution in [2.45, 2.75) is 4.21 Å². The Bertz CT molecular complexity index is 973. The molecule has 0 saturated heterocycles. The van der Waals surface area contributed by atoms with Gasteiger partial charge >= 0.3 is 0 Å². The zero-order valence-corrected chi connectivity index (χ0v) is 16.9. The van der Waals surface area contributed by atoms with Gasteiger partial charge in [-0.15, -0.1) is 11.3 Å². The van der Waals surface area contributed by atoms with Gasteiger partial charge in [-0.3, -0.25) is 4.31 Å². The monoisotopic (exact) mass is 423 g/mol. The summed E-state index contributed by atoms with van der Waals surface area (Å²) in [4.78, 5) is 0. The van der Waals surface area contributed by atoms with E-state index in [4.69, 9.17) is 21.1 Å². The van der Waals surface area contributed by atoms with Crippen LogP contribution in [0.1, 0.15) is 0 Å². The smallest absolute Gasteiger partial charge is 0.273 e. The molecule has 0 N–H and O–H groups in total. The van der Waals surface area contributed by atoms with Gasteiger partial charge in [0.2, 0.25) is 0 Å². The lowest BCUT2D eigenvalue weighted by Crippen LogP contribution is -2.25. The van der Waals surface area contributed by atoms with Gasteiger partial charge in [-0.05, 0) is 53.9 Å². The standard InChI is InChI=1S/C19H18ClNO4S2/c1-21(27(22,23)19-6-3-13-26-19)16-7-9-17(10-8-16)24-11-12-25-18-5-2-4-15(20)14-18/h2-10,13-14H,11-12H2,1H3. The van der Waals surface area contributed by atoms with Crippen molar-refractivity contribution in [2.75, 3.05) is 24.6 Å². The number of nitrogens with zero attached hydrogens (tertiary/aromatic N) is 1. The summed E-state index contributed by atoms with van der Waals surface area (Å²) >= 11 is 7.09. The van der Waals surface area contributed by atoms with Crippen LogP contribution >= 0.6 is 22.9 Å². The van der Waals surface area contributed by atoms with Crippen LogP contribution in [0.5, 0.6) is 11.5 Å². The number of anilines is 1. The molecular weight excluding hydrogens is 406 g/mol. The second-order valence-corrected chi connectivity index (χ2v) is 9.13. The molecule has 2 aromatic carbocycles. The lowest BCUT2D eigenvalue weighted by atomic mass is 10.3. The number of hydrogen-bond acceptors (Lipinski definition) is 5. The minimum atomic E-state index is -3.54. The number of ether oxygens (including phenoxy) is 2. The van der Waals surface area contributed by atoms with E-state index in [0.717, 1.165) is 0 Å². The van der Waals surface area contributed by atoms with Gasteiger partial charge in [-0.25, -0.2) is 8.42 Å². The summed E-state index contributed by atoms with van der Waals surface area (Å²) in [7, 11) is -2.00. The van der Waals surface area contributed by atoms with E-state index in [1.54, 1.807) is 53.9 Å². The molecule has 1 aromatic heterocycles. The van der Waals surface area contributed by atoms with Crippen LogP contribution in [0.2, 0.25) is 5.02 Å². The van der Waals surface area contributed by atoms with E-state index in [9.17, 15) is 8.42 Å². The zero-order chi connectivity index (χ0) is 19.3. The van der Waals surface area contributed by atoms with Crippen LogP contribution in [0.4, 0.5) is 5.69 Å². The third-order valence-corrected chi connectivity index (χ3v) is 7.12. The van der Waals surface area contributed by atoms with Crippen LogP contribution in [-0.4, -0.2) is 28.7 Å². The average molecular weight is 424 g/mol. The van der Waals surface area contributed by atoms with Crippen molar-refractivity contribution in [3.05, 3.63) is 71.1 Å². The van der Waals surface area contributed by atoms with Crippen LogP contribution < -0.4 is 13.8 Å². The Morgan fingerprint density at radius 2 is 1.67 bits per heavy atom. The summed E-state index contributed by atoms with van der Waals surface area (Å²) in [6.45, 7) is 0.726. The van der Waals surface area contributed by atoms with E-state index in [1.807, 2.05) is 12.1 Å². The second-order valence-electron chi connectivity index (χ2n) is 5.55. The molecule has 5 nitrogen and oxygen atoms in total. The normalized spacial score (nSPS) is 11.2. The fourth-order valence-corrected chi connectivity index (χ4v) is 4.85. The lowest BCUT2D eigenvalue weighted by Gasteiger charge is -2.18. The molecule has 142 valence electrons. The van der Waals surface area contributed by atoms with Crippen LogP contribution in [0, 0.1) is 0 Å². The summed E-state index contributed by atoms with van der Waals surface area (Å²) in [6, 6.07) is 17.3. The van der Waals surface area contributed by atoms with Gasteiger partial charge < -0.3 is 9.47 Å². The lowest BCUT2D eigenvalue weighted by molar-refractivity contribution is 0.217. The van der Waals surface area contributed by atoms with Crippen molar-refractivity contribution < 1.29 is 17.9 Å². The highest BCUT2D eigenvalue weighted by atomic mass is 35.5. The van der Waals surface area contributed by atoms with Crippen molar-refractivity contribution >= 4 is 38.6 Å². The maximum absolute atomic E-state index is 12.5. The maximum atomic E-state index is 12.5. The molecule has 8 heteroatoms. The summed E-state index contributed by atoms with van der Waals surface area (Å²) in [6.07, 6.45) is 0. The maximum Gasteiger partial charge on any atom is 0.273 e. The van der Waals surface area contributed by atoms with Crippen molar-refractivity contribution in [2.24, 2.45) is 0 Å². The topological polar surface area (TPSA) is 55.8 Å². The van der Waals surface area contributed by atoms with E-state index in [2.05, 4.69) is 0 Å². The predicted octanol–water partition coefficient (Wildman–Crippen LogP) is 4.68. The van der Waals surface area contributed by atoms with Crippen LogP contribution in [0.3, 0.4) is 0 Å². The van der Waals surface area contributed by atoms with E-state index in [1.165, 1.54) is 22.7 Å². The molecule has 0 unspecified atom stereocenters. The summed E-state index contributed by atoms with van der Waals surface area (Å²) in [5.74, 6) is 1.32. The molecular formula is C19H18ClNO4S2. The third-order valence-electron chi connectivity index (χ3n) is 3.73. The van der Waals surface area contributed by atoms with Gasteiger partial charge in [0.15, 0.2) is 0 Å². The average Bonchev–Trinajstić information content (AvgIpc) is 3.21. The Morgan fingerprint density at radius 3 is 2.30 bits per heavy atom. The van der Waals surface area contributed by atoms with Gasteiger partial charge in [0.1, 0.15) is 28.9 Å². The number of rotatable bonds is 8. The number of hydrogen-bond donors (Lipinski definition) is 0. The van der Waals surface area contributed by atoms with Gasteiger partial charge in [0.25, 0.3) is 10.0 Å². The Balaban J connectivity index is 1.54. The Hall–Kier alpha value is -2.22. The van der Waals surface area contributed by atoms with Gasteiger partial charge in [-0.1, -0.05) is 23.7 Å². The second kappa shape index (κ2) is 8.65. The fraction of sp³-hybridized carbons (Fsp3) is 0.158. The van der Waals surface area contributed by atoms with E-state index in [0.29, 0.717) is 39.6 Å². The Kier molecular flexibility index (Phi) is 6.26. The third kappa shape index (κ3) is 4.94. The van der Waals surface area contributed by atoms with Crippen molar-refractivity contribution in [3.63, 3.8) is 0 Å². The number of benzene rings is 2. The molecule has 0 spiro atoms. The molecule has 0 fully saturated rings. The van der Waals surface area contributed by atoms with E-state index in [-0.39, 0.29) is 0 Å². The van der Waals surface area contributed by atoms with Crippen molar-refractivity contribution in [1.82, 2.24) is 0 Å². The Morgan fingerprint density at radius 1 is 0.963 bits per heavy atom. The van der Waals surface area contributed by atoms with Gasteiger partial charge in [0, 0.05) is 12.1 Å². The first-order valence-corrected chi connectivity index (χ1v) is 10.8. The fourth-order valence-electron chi connectivity index (χ4n) is 2.31. The van der Waals surface area contributed by atoms with Gasteiger partial charge in [-0.2, -0.15) is 0 Å². The minimum Gasteiger partial charge on any atom is -0.490 e. The summed E-state index contributed by atoms with van der Waals surface area (Å²) in [5.41, 5.74) is 0.561. The van der Waals surface area contributed by atoms with Crippen molar-refractivity contribution in [1.29, 1.82) is 0 Å². The number of sulfonamides is 1. The quantitative estimate of drug-likeness (QED) is 0.493. The molecule has 3 aromatic rings. The molecule has 27 heavy (non-hydrogen) atoms. The molecule has 0 aliphatic carbocycles. The first-order valence-electron chi connectivity index (χ1n) is 8.10. The molecule has 0 bridgehead atoms. The number of thiophene rings is 1. The van der Waals surface area contributed by atoms with E-state index < -0.39 is 10.0 Å². The van der Waals surface area contributed by atoms with Crippen LogP contribution in [0.15, 0.2) is 70.3 Å². The van der Waals surface area contributed by atoms with Gasteiger partial charge in [0.05, 0.1) is 5.69 Å². The van der Waals surface area contributed by atoms with E-state index >= 15 is 0 Å². The number of halogens is 1. The highest BCUT2D eigenvalue weighted by Gasteiger charge is 2.22. The Labute approximate surface area is 167 Å². The zero-order valence-electron chi connectivity index (χ0n) is 14.5. The van der Waals surface area contributed by atoms with Crippen molar-refractivity contribution in [3.8, 4) is 11.5 Å². The minimum absolute atomic E-state index is 0.309. The summed E-state index contributed by atoms with van der Waals surface area (Å²) < 4.78 is 37.8. The molecule has 0 atom stereocenters. The molecule has 0 aliphatic rings. The molecule has 1 heterocycles. The largest absolute Gasteiger partial charge is 0.490 e. The molecule has 0 aliphatic heterocycles. The highest BCUT2D eigenvalue weighted by molar-refractivity contribution is 7.94. The predicted molar refractivity (Wildman–Crippen MR) is 109 cm³/mol. The molecule has 0 saturated carbocycles.